The maximum atomic E-state index is 11.6. The number of carbonyl (C=O) groups is 5. The number of rotatable bonds is 8. The minimum Gasteiger partial charge on any atom is -0.481 e. The van der Waals surface area contributed by atoms with E-state index in [4.69, 9.17) is 45.0 Å². The summed E-state index contributed by atoms with van der Waals surface area (Å²) in [5.74, 6) is 17.9. The van der Waals surface area contributed by atoms with Gasteiger partial charge in [-0.15, -0.1) is 23.7 Å². The molecule has 429 valence electrons. The predicted molar refractivity (Wildman–Crippen MR) is 293 cm³/mol. The summed E-state index contributed by atoms with van der Waals surface area (Å²) in [5.41, 5.74) is 7.73. The van der Waals surface area contributed by atoms with E-state index < -0.39 is 17.9 Å². The van der Waals surface area contributed by atoms with Gasteiger partial charge in [-0.1, -0.05) is 56.0 Å². The van der Waals surface area contributed by atoms with Gasteiger partial charge in [-0.2, -0.15) is 4.79 Å². The summed E-state index contributed by atoms with van der Waals surface area (Å²) in [6.45, 7) is 9.73. The molecule has 1 radical (unpaired) electrons. The van der Waals surface area contributed by atoms with Gasteiger partial charge in [-0.25, -0.2) is 4.79 Å². The zero-order chi connectivity index (χ0) is 54.5. The Hall–Kier alpha value is -4.65. The van der Waals surface area contributed by atoms with E-state index in [1.54, 1.807) is 6.92 Å². The number of aliphatic hydroxyl groups is 2. The van der Waals surface area contributed by atoms with Crippen LogP contribution in [-0.2, 0) is 57.7 Å². The quantitative estimate of drug-likeness (QED) is 0.0260. The van der Waals surface area contributed by atoms with Gasteiger partial charge in [-0.3, -0.25) is 19.2 Å². The van der Waals surface area contributed by atoms with Crippen molar-refractivity contribution in [2.75, 3.05) is 33.0 Å². The van der Waals surface area contributed by atoms with Crippen molar-refractivity contribution in [3.8, 4) is 23.7 Å². The predicted octanol–water partition coefficient (Wildman–Crippen LogP) is 11.3. The van der Waals surface area contributed by atoms with Crippen molar-refractivity contribution in [3.05, 3.63) is 54.1 Å². The molecule has 0 aromatic carbocycles. The molecule has 4 unspecified atom stereocenters. The SMILES string of the molecule is C.C1=CCC/C=C\CC1.CC(=O)O.CC(=O)O.CCOC(=O)C1[C@H]2CC/C=C\CC[C@@H]12.CCOC(=O)C1[C@H]2CC/C=C\CC[C@@H]12.CCOC(=O)C=[N+]=[N-].OCC1[C@H]2CCC#CCC[C@@H]12.OCC1[C@H]2CCC#CCC[C@@H]12.[Rh]. The number of hydrogen-bond acceptors (Lipinski definition) is 10. The van der Waals surface area contributed by atoms with Crippen LogP contribution in [0, 0.1) is 94.7 Å². The van der Waals surface area contributed by atoms with Crippen molar-refractivity contribution in [2.24, 2.45) is 71.0 Å². The molecule has 9 aliphatic rings. The molecule has 9 rings (SSSR count). The molecule has 0 aromatic heterocycles. The minimum absolute atomic E-state index is 0. The van der Waals surface area contributed by atoms with Crippen LogP contribution in [0.25, 0.3) is 5.53 Å². The topological polar surface area (TPSA) is 230 Å². The van der Waals surface area contributed by atoms with Crippen molar-refractivity contribution in [1.29, 1.82) is 0 Å². The maximum absolute atomic E-state index is 11.6. The summed E-state index contributed by atoms with van der Waals surface area (Å²) in [6.07, 6.45) is 42.0. The Bertz CT molecular complexity index is 1780. The first-order chi connectivity index (χ1) is 35.8. The number of carboxylic acid groups (broad SMARTS) is 2. The Balaban J connectivity index is 0.000000868. The smallest absolute Gasteiger partial charge is 0.413 e. The van der Waals surface area contributed by atoms with E-state index in [1.165, 1.54) is 77.0 Å². The van der Waals surface area contributed by atoms with Gasteiger partial charge in [0.05, 0.1) is 31.7 Å². The molecule has 0 saturated heterocycles. The minimum atomic E-state index is -0.833. The first-order valence-electron chi connectivity index (χ1n) is 27.6. The van der Waals surface area contributed by atoms with E-state index in [2.05, 4.69) is 81.8 Å². The van der Waals surface area contributed by atoms with E-state index in [0.29, 0.717) is 74.8 Å². The number of aliphatic carboxylic acids is 2. The molecule has 0 bridgehead atoms. The Kier molecular flexibility index (Phi) is 40.7. The third kappa shape index (κ3) is 30.3. The normalized spacial score (nSPS) is 29.7. The molecular formula is C61H94N2O12Rh. The van der Waals surface area contributed by atoms with Gasteiger partial charge < -0.3 is 40.2 Å². The van der Waals surface area contributed by atoms with Crippen molar-refractivity contribution in [2.45, 2.75) is 170 Å². The van der Waals surface area contributed by atoms with Crippen molar-refractivity contribution >= 4 is 36.1 Å². The third-order valence-corrected chi connectivity index (χ3v) is 14.7. The number of esters is 3. The second-order valence-electron chi connectivity index (χ2n) is 19.8. The molecule has 4 fully saturated rings. The fourth-order valence-corrected chi connectivity index (χ4v) is 11.0. The molecule has 0 heterocycles. The summed E-state index contributed by atoms with van der Waals surface area (Å²) >= 11 is 0. The molecule has 0 spiro atoms. The van der Waals surface area contributed by atoms with Crippen molar-refractivity contribution in [3.63, 3.8) is 0 Å². The average molecular weight is 1150 g/mol. The van der Waals surface area contributed by atoms with Gasteiger partial charge in [0, 0.05) is 72.2 Å². The third-order valence-electron chi connectivity index (χ3n) is 14.7. The summed E-state index contributed by atoms with van der Waals surface area (Å²) < 4.78 is 14.5. The molecule has 12 atom stereocenters. The Morgan fingerprint density at radius 1 is 0.487 bits per heavy atom. The van der Waals surface area contributed by atoms with Crippen LogP contribution in [-0.4, -0.2) is 94.3 Å². The number of carbonyl (C=O) groups excluding carboxylic acids is 3. The summed E-state index contributed by atoms with van der Waals surface area (Å²) in [7, 11) is 0. The number of ether oxygens (including phenoxy) is 3. The van der Waals surface area contributed by atoms with E-state index >= 15 is 0 Å². The van der Waals surface area contributed by atoms with Crippen LogP contribution in [0.4, 0.5) is 0 Å². The fourth-order valence-electron chi connectivity index (χ4n) is 11.0. The van der Waals surface area contributed by atoms with E-state index in [1.807, 2.05) is 13.8 Å². The largest absolute Gasteiger partial charge is 0.481 e. The van der Waals surface area contributed by atoms with Crippen LogP contribution >= 0.6 is 0 Å². The number of carboxylic acids is 2. The second kappa shape index (κ2) is 43.3. The van der Waals surface area contributed by atoms with Crippen LogP contribution in [0.1, 0.15) is 170 Å². The number of fused-ring (bicyclic) bond motifs is 4. The van der Waals surface area contributed by atoms with Gasteiger partial charge in [0.25, 0.3) is 11.9 Å². The standard InChI is InChI=1S/2C12H18O2.2C10H14O.C8H12.C4H6N2O2.2C2H4O2.CH4.Rh/c2*1-2-14-12(13)11-9-7-5-3-4-6-8-10(9)11;2*11-7-10-8-5-3-1-2-4-6-9(8)10;1-2-4-6-8-7-5-3-1;1-2-8-4(7)3-6-5;2*1-2(3)4;;/h2*3-4,9-11H,2,5-8H2,1H3;2*8-11H,3-7H2;1-2,7-8H,3-6H2;3H,2H2,1H3;2*1H3,(H,3,4);1H4;/b2*4-3-;;;2-1-,8-7?;;;;;/t2*9-,10+,11?;2*8-,9+,10?;;;;;;. The van der Waals surface area contributed by atoms with Crippen LogP contribution in [0.15, 0.2) is 48.6 Å². The Morgan fingerprint density at radius 3 is 0.961 bits per heavy atom. The van der Waals surface area contributed by atoms with Crippen molar-refractivity contribution in [1.82, 2.24) is 0 Å². The Morgan fingerprint density at radius 2 is 0.737 bits per heavy atom. The number of allylic oxidation sites excluding steroid dienone is 8. The van der Waals surface area contributed by atoms with Crippen LogP contribution in [0.2, 0.25) is 0 Å². The number of aliphatic hydroxyl groups excluding tert-OH is 2. The molecule has 9 aliphatic carbocycles. The molecule has 76 heavy (non-hydrogen) atoms. The van der Waals surface area contributed by atoms with Crippen LogP contribution in [0.5, 0.6) is 0 Å². The fraction of sp³-hybridized carbons (Fsp3) is 0.705. The first-order valence-corrected chi connectivity index (χ1v) is 27.6. The van der Waals surface area contributed by atoms with E-state index in [9.17, 15) is 14.4 Å². The maximum Gasteiger partial charge on any atom is 0.413 e. The first kappa shape index (κ1) is 71.4. The number of nitrogens with zero attached hydrogens (tertiary/aromatic N) is 2. The van der Waals surface area contributed by atoms with Gasteiger partial charge in [0.1, 0.15) is 0 Å². The molecule has 14 nitrogen and oxygen atoms in total. The Labute approximate surface area is 469 Å². The summed E-state index contributed by atoms with van der Waals surface area (Å²) in [6, 6.07) is 0. The zero-order valence-corrected chi connectivity index (χ0v) is 47.2. The van der Waals surface area contributed by atoms with E-state index in [-0.39, 0.29) is 50.7 Å². The molecule has 0 amide bonds. The van der Waals surface area contributed by atoms with Crippen LogP contribution in [0.3, 0.4) is 0 Å². The second-order valence-corrected chi connectivity index (χ2v) is 19.8. The monoisotopic (exact) mass is 1150 g/mol. The summed E-state index contributed by atoms with van der Waals surface area (Å²) in [5, 5.41) is 32.8. The number of hydrogen-bond donors (Lipinski definition) is 4. The molecule has 15 heteroatoms. The van der Waals surface area contributed by atoms with Crippen molar-refractivity contribution < 1.29 is 82.9 Å². The van der Waals surface area contributed by atoms with E-state index in [0.717, 1.165) is 88.9 Å². The molecule has 0 aromatic rings. The zero-order valence-electron chi connectivity index (χ0n) is 45.6. The summed E-state index contributed by atoms with van der Waals surface area (Å²) in [4.78, 5) is 53.7. The molecule has 4 saturated carbocycles. The molecular weight excluding hydrogens is 1060 g/mol. The van der Waals surface area contributed by atoms with Gasteiger partial charge in [0.15, 0.2) is 0 Å². The van der Waals surface area contributed by atoms with Gasteiger partial charge >= 0.3 is 24.1 Å². The molecule has 4 N–H and O–H groups in total. The molecule has 0 aliphatic heterocycles. The van der Waals surface area contributed by atoms with Gasteiger partial charge in [0.2, 0.25) is 0 Å². The van der Waals surface area contributed by atoms with Gasteiger partial charge in [-0.05, 0) is 183 Å². The average Bonchev–Trinajstić information content (AvgIpc) is 4.25. The van der Waals surface area contributed by atoms with Crippen LogP contribution < -0.4 is 0 Å².